The van der Waals surface area contributed by atoms with Gasteiger partial charge in [-0.2, -0.15) is 4.98 Å². The highest BCUT2D eigenvalue weighted by Crippen LogP contribution is 2.39. The molecule has 1 unspecified atom stereocenters. The highest BCUT2D eigenvalue weighted by atomic mass is 35.5. The zero-order valence-electron chi connectivity index (χ0n) is 24.4. The molecular formula is C31H35ClFN7O2. The van der Waals surface area contributed by atoms with Crippen molar-refractivity contribution in [1.29, 1.82) is 0 Å². The van der Waals surface area contributed by atoms with E-state index in [0.717, 1.165) is 5.57 Å². The van der Waals surface area contributed by atoms with Crippen LogP contribution in [0.5, 0.6) is 0 Å². The zero-order valence-corrected chi connectivity index (χ0v) is 25.1. The van der Waals surface area contributed by atoms with Crippen molar-refractivity contribution in [2.75, 3.05) is 23.7 Å². The van der Waals surface area contributed by atoms with Gasteiger partial charge in [0.05, 0.1) is 33.7 Å². The molecule has 4 heterocycles. The number of halogens is 2. The topological polar surface area (TPSA) is 110 Å². The molecule has 1 fully saturated rings. The van der Waals surface area contributed by atoms with Crippen LogP contribution in [0.15, 0.2) is 58.4 Å². The van der Waals surface area contributed by atoms with Crippen molar-refractivity contribution in [3.05, 3.63) is 69.9 Å². The van der Waals surface area contributed by atoms with E-state index >= 15 is 4.39 Å². The lowest BCUT2D eigenvalue weighted by Gasteiger charge is -2.44. The number of hydrogen-bond donors (Lipinski definition) is 1. The van der Waals surface area contributed by atoms with E-state index in [0.29, 0.717) is 29.9 Å². The Hall–Kier alpha value is -4.05. The minimum atomic E-state index is -0.573. The fourth-order valence-electron chi connectivity index (χ4n) is 6.22. The minimum absolute atomic E-state index is 0.0647. The third-order valence-corrected chi connectivity index (χ3v) is 8.40. The molecule has 3 aromatic rings. The lowest BCUT2D eigenvalue weighted by molar-refractivity contribution is -0.130. The van der Waals surface area contributed by atoms with Crippen LogP contribution in [0.2, 0.25) is 5.02 Å². The molecule has 0 saturated carbocycles. The van der Waals surface area contributed by atoms with Gasteiger partial charge in [0.1, 0.15) is 17.3 Å². The van der Waals surface area contributed by atoms with E-state index in [-0.39, 0.29) is 51.9 Å². The van der Waals surface area contributed by atoms with E-state index in [1.54, 1.807) is 27.8 Å². The average Bonchev–Trinajstić information content (AvgIpc) is 2.92. The lowest BCUT2D eigenvalue weighted by atomic mass is 9.90. The Kier molecular flexibility index (Phi) is 7.94. The molecule has 0 radical (unpaired) electrons. The molecule has 2 aromatic heterocycles. The van der Waals surface area contributed by atoms with Crippen LogP contribution in [0.1, 0.15) is 40.7 Å². The van der Waals surface area contributed by atoms with Crippen LogP contribution in [0.3, 0.4) is 0 Å². The second kappa shape index (κ2) is 11.3. The van der Waals surface area contributed by atoms with Gasteiger partial charge in [0.15, 0.2) is 0 Å². The number of nitrogens with two attached hydrogens (primary N) is 1. The van der Waals surface area contributed by atoms with E-state index in [9.17, 15) is 9.59 Å². The van der Waals surface area contributed by atoms with Crippen molar-refractivity contribution in [2.45, 2.75) is 58.8 Å². The van der Waals surface area contributed by atoms with Crippen molar-refractivity contribution in [3.63, 3.8) is 0 Å². The van der Waals surface area contributed by atoms with Gasteiger partial charge in [-0.15, -0.1) is 0 Å². The molecule has 1 saturated heterocycles. The van der Waals surface area contributed by atoms with Crippen LogP contribution >= 0.6 is 11.6 Å². The summed E-state index contributed by atoms with van der Waals surface area (Å²) in [7, 11) is 0. The Balaban J connectivity index is 1.79. The second-order valence-corrected chi connectivity index (χ2v) is 11.8. The molecule has 0 spiro atoms. The van der Waals surface area contributed by atoms with Gasteiger partial charge >= 0.3 is 5.69 Å². The summed E-state index contributed by atoms with van der Waals surface area (Å²) in [4.78, 5) is 44.5. The lowest BCUT2D eigenvalue weighted by Crippen LogP contribution is -2.58. The first-order valence-corrected chi connectivity index (χ1v) is 14.4. The molecular weight excluding hydrogens is 557 g/mol. The molecule has 1 amide bonds. The Morgan fingerprint density at radius 3 is 2.52 bits per heavy atom. The number of fused-ring (bicyclic) bond motifs is 1. The van der Waals surface area contributed by atoms with E-state index in [1.807, 2.05) is 45.6 Å². The normalized spacial score (nSPS) is 22.5. The monoisotopic (exact) mass is 591 g/mol. The predicted octanol–water partition coefficient (Wildman–Crippen LogP) is 5.04. The van der Waals surface area contributed by atoms with Crippen LogP contribution in [0, 0.1) is 11.7 Å². The number of carbonyl (C=O) groups excluding carboxylic acids is 1. The van der Waals surface area contributed by atoms with Gasteiger partial charge in [0.2, 0.25) is 5.91 Å². The Morgan fingerprint density at radius 1 is 1.21 bits per heavy atom. The predicted molar refractivity (Wildman–Crippen MR) is 167 cm³/mol. The molecule has 42 heavy (non-hydrogen) atoms. The third-order valence-electron chi connectivity index (χ3n) is 8.11. The highest BCUT2D eigenvalue weighted by molar-refractivity contribution is 6.34. The number of aromatic nitrogens is 3. The van der Waals surface area contributed by atoms with Crippen LogP contribution in [-0.2, 0) is 4.79 Å². The molecule has 4 atom stereocenters. The summed E-state index contributed by atoms with van der Waals surface area (Å²) in [6.07, 6.45) is 4.94. The number of benzene rings is 1. The number of aliphatic imine (C=N–C) groups is 1. The van der Waals surface area contributed by atoms with E-state index in [2.05, 4.69) is 11.6 Å². The summed E-state index contributed by atoms with van der Waals surface area (Å²) >= 11 is 6.80. The molecule has 220 valence electrons. The molecule has 0 aliphatic carbocycles. The van der Waals surface area contributed by atoms with E-state index < -0.39 is 17.5 Å². The summed E-state index contributed by atoms with van der Waals surface area (Å²) in [5.41, 5.74) is 7.28. The smallest absolute Gasteiger partial charge is 0.351 e. The third kappa shape index (κ3) is 4.98. The van der Waals surface area contributed by atoms with Crippen LogP contribution < -0.4 is 16.3 Å². The summed E-state index contributed by atoms with van der Waals surface area (Å²) in [6, 6.07) is 4.99. The number of piperazine rings is 1. The Morgan fingerprint density at radius 2 is 1.90 bits per heavy atom. The fourth-order valence-corrected chi connectivity index (χ4v) is 6.46. The Bertz CT molecular complexity index is 1670. The molecule has 0 bridgehead atoms. The van der Waals surface area contributed by atoms with Gasteiger partial charge in [0.25, 0.3) is 0 Å². The highest BCUT2D eigenvalue weighted by Gasteiger charge is 2.36. The number of hydrogen-bond acceptors (Lipinski definition) is 7. The van der Waals surface area contributed by atoms with E-state index in [1.165, 1.54) is 18.2 Å². The SMILES string of the molecule is C=CC(=O)N1[C@H](C)CN(c2nc(=O)n(C3C(C)=CC=N[C@H]3C(C)C)c3nc(-c4c(N)cccc4F)c(Cl)cc23)C[C@@H]1C. The van der Waals surface area contributed by atoms with Crippen LogP contribution in [-0.4, -0.2) is 62.8 Å². The van der Waals surface area contributed by atoms with Crippen LogP contribution in [0.25, 0.3) is 22.3 Å². The minimum Gasteiger partial charge on any atom is -0.398 e. The summed E-state index contributed by atoms with van der Waals surface area (Å²) in [6.45, 7) is 14.4. The zero-order chi connectivity index (χ0) is 30.5. The van der Waals surface area contributed by atoms with Crippen molar-refractivity contribution < 1.29 is 9.18 Å². The number of nitrogens with zero attached hydrogens (tertiary/aromatic N) is 6. The maximum absolute atomic E-state index is 15.1. The maximum atomic E-state index is 15.1. The number of pyridine rings is 1. The second-order valence-electron chi connectivity index (χ2n) is 11.4. The average molecular weight is 592 g/mol. The Labute approximate surface area is 249 Å². The molecule has 9 nitrogen and oxygen atoms in total. The van der Waals surface area contributed by atoms with Crippen LogP contribution in [0.4, 0.5) is 15.9 Å². The first-order chi connectivity index (χ1) is 19.9. The molecule has 2 aliphatic rings. The molecule has 2 N–H and O–H groups in total. The maximum Gasteiger partial charge on any atom is 0.351 e. The summed E-state index contributed by atoms with van der Waals surface area (Å²) in [5.74, 6) is -0.224. The number of allylic oxidation sites excluding steroid dienone is 1. The fraction of sp³-hybridized carbons (Fsp3) is 0.387. The molecule has 11 heteroatoms. The van der Waals surface area contributed by atoms with Gasteiger partial charge in [-0.25, -0.2) is 14.2 Å². The first-order valence-electron chi connectivity index (χ1n) is 14.0. The van der Waals surface area contributed by atoms with Crippen molar-refractivity contribution in [3.8, 4) is 11.3 Å². The number of amides is 1. The summed E-state index contributed by atoms with van der Waals surface area (Å²) in [5, 5.41) is 0.703. The van der Waals surface area contributed by atoms with Crippen molar-refractivity contribution in [2.24, 2.45) is 10.9 Å². The van der Waals surface area contributed by atoms with Crippen molar-refractivity contribution in [1.82, 2.24) is 19.4 Å². The quantitative estimate of drug-likeness (QED) is 0.329. The number of carbonyl (C=O) groups is 1. The standard InChI is InChI=1S/C31H35ClFN7O2/c1-7-24(41)39-18(5)14-38(15-19(39)6)29-20-13-21(32)27(25-22(33)9-8-10-23(25)34)36-30(20)40(31(42)37-29)28-17(4)11-12-35-26(28)16(2)3/h7-13,16,18-19,26,28H,1,14-15,34H2,2-6H3/t18-,19+,26-,28?/m0/s1. The van der Waals surface area contributed by atoms with Gasteiger partial charge in [-0.1, -0.05) is 38.1 Å². The number of nitrogen functional groups attached to an aromatic ring is 1. The number of rotatable bonds is 5. The van der Waals surface area contributed by atoms with Gasteiger partial charge in [0, 0.05) is 37.1 Å². The molecule has 1 aromatic carbocycles. The number of anilines is 2. The van der Waals surface area contributed by atoms with Crippen molar-refractivity contribution >= 4 is 46.3 Å². The molecule has 2 aliphatic heterocycles. The molecule has 5 rings (SSSR count). The first kappa shape index (κ1) is 29.4. The van der Waals surface area contributed by atoms with E-state index in [4.69, 9.17) is 27.3 Å². The van der Waals surface area contributed by atoms with Gasteiger partial charge in [-0.3, -0.25) is 14.4 Å². The van der Waals surface area contributed by atoms with Gasteiger partial charge in [-0.05, 0) is 62.6 Å². The summed E-state index contributed by atoms with van der Waals surface area (Å²) < 4.78 is 16.7. The largest absolute Gasteiger partial charge is 0.398 e. The van der Waals surface area contributed by atoms with Gasteiger partial charge < -0.3 is 15.5 Å². The number of dihydropyridines is 1.